The van der Waals surface area contributed by atoms with Gasteiger partial charge in [0.15, 0.2) is 0 Å². The van der Waals surface area contributed by atoms with Gasteiger partial charge in [-0.25, -0.2) is 14.8 Å². The molecule has 2 aromatic heterocycles. The van der Waals surface area contributed by atoms with Gasteiger partial charge in [0.2, 0.25) is 11.8 Å². The van der Waals surface area contributed by atoms with E-state index in [1.165, 1.54) is 7.11 Å². The lowest BCUT2D eigenvalue weighted by Gasteiger charge is -2.28. The van der Waals surface area contributed by atoms with Crippen LogP contribution in [0, 0.1) is 23.7 Å². The first-order chi connectivity index (χ1) is 24.4. The Hall–Kier alpha value is -5.15. The van der Waals surface area contributed by atoms with Gasteiger partial charge in [-0.1, -0.05) is 24.0 Å². The Morgan fingerprint density at radius 3 is 2.22 bits per heavy atom. The fourth-order valence-electron chi connectivity index (χ4n) is 7.45. The maximum Gasteiger partial charge on any atom is 0.407 e. The fourth-order valence-corrected chi connectivity index (χ4v) is 7.45. The number of nitrogens with two attached hydrogens (primary N) is 1. The fraction of sp³-hybridized carbons (Fsp3) is 0.447. The Labute approximate surface area is 290 Å². The number of carbonyl (C=O) groups excluding carboxylic acids is 3. The highest BCUT2D eigenvalue weighted by Crippen LogP contribution is 2.38. The molecule has 5 N–H and O–H groups in total. The van der Waals surface area contributed by atoms with Gasteiger partial charge in [-0.05, 0) is 99.1 Å². The van der Waals surface area contributed by atoms with E-state index in [2.05, 4.69) is 32.1 Å². The number of alkyl carbamates (subject to hydrolysis) is 1. The van der Waals surface area contributed by atoms with Crippen molar-refractivity contribution in [1.82, 2.24) is 35.1 Å². The van der Waals surface area contributed by atoms with E-state index in [1.54, 1.807) is 0 Å². The van der Waals surface area contributed by atoms with E-state index in [0.717, 1.165) is 103 Å². The van der Waals surface area contributed by atoms with Crippen molar-refractivity contribution in [3.8, 4) is 23.1 Å². The third-order valence-electron chi connectivity index (χ3n) is 10.6. The number of rotatable bonds is 8. The number of aromatic nitrogens is 4. The summed E-state index contributed by atoms with van der Waals surface area (Å²) < 4.78 is 4.78. The van der Waals surface area contributed by atoms with E-state index in [4.69, 9.17) is 15.5 Å². The Morgan fingerprint density at radius 2 is 1.52 bits per heavy atom. The molecule has 4 aliphatic rings. The Bertz CT molecular complexity index is 1980. The minimum atomic E-state index is -0.582. The second-order valence-corrected chi connectivity index (χ2v) is 14.1. The van der Waals surface area contributed by atoms with E-state index >= 15 is 0 Å². The number of fused-ring (bicyclic) bond motifs is 1. The number of hydrogen-bond acceptors (Lipinski definition) is 7. The SMILES string of the molecule is COC(=O)N[C@H](C(=O)N1CCC[C@H]1c1nc2ccc(C#Cc3ccc(-c4cnc([C@@H]5CCCN5C(=O)[C@@H](N)C5CC5)[nH]4)cc3)cc2[nH]1)C1CC1. The molecule has 2 aliphatic carbocycles. The maximum absolute atomic E-state index is 13.6. The van der Waals surface area contributed by atoms with Crippen LogP contribution in [-0.2, 0) is 14.3 Å². The van der Waals surface area contributed by atoms with Crippen LogP contribution in [0.2, 0.25) is 0 Å². The molecule has 12 nitrogen and oxygen atoms in total. The highest BCUT2D eigenvalue weighted by Gasteiger charge is 2.43. The molecule has 12 heteroatoms. The Morgan fingerprint density at radius 1 is 0.860 bits per heavy atom. The van der Waals surface area contributed by atoms with Crippen molar-refractivity contribution in [2.24, 2.45) is 17.6 Å². The summed E-state index contributed by atoms with van der Waals surface area (Å²) in [7, 11) is 1.31. The van der Waals surface area contributed by atoms with Crippen LogP contribution in [0.15, 0.2) is 48.7 Å². The van der Waals surface area contributed by atoms with Crippen LogP contribution in [0.25, 0.3) is 22.3 Å². The lowest BCUT2D eigenvalue weighted by atomic mass is 10.1. The van der Waals surface area contributed by atoms with Crippen LogP contribution in [0.4, 0.5) is 4.79 Å². The molecule has 4 aromatic rings. The van der Waals surface area contributed by atoms with Crippen molar-refractivity contribution in [3.05, 3.63) is 71.4 Å². The van der Waals surface area contributed by atoms with Crippen LogP contribution in [0.3, 0.4) is 0 Å². The second-order valence-electron chi connectivity index (χ2n) is 14.1. The van der Waals surface area contributed by atoms with Crippen molar-refractivity contribution < 1.29 is 19.1 Å². The van der Waals surface area contributed by atoms with E-state index in [0.29, 0.717) is 12.5 Å². The molecule has 4 heterocycles. The molecule has 4 atom stereocenters. The van der Waals surface area contributed by atoms with Crippen LogP contribution >= 0.6 is 0 Å². The van der Waals surface area contributed by atoms with Gasteiger partial charge in [-0.2, -0.15) is 0 Å². The number of ether oxygens (including phenoxy) is 1. The summed E-state index contributed by atoms with van der Waals surface area (Å²) in [4.78, 5) is 58.7. The van der Waals surface area contributed by atoms with E-state index in [-0.39, 0.29) is 29.8 Å². The lowest BCUT2D eigenvalue weighted by Crippen LogP contribution is -2.49. The van der Waals surface area contributed by atoms with Gasteiger partial charge >= 0.3 is 6.09 Å². The zero-order valence-electron chi connectivity index (χ0n) is 28.2. The number of benzene rings is 2. The normalized spacial score (nSPS) is 21.5. The molecule has 8 rings (SSSR count). The number of aromatic amines is 2. The summed E-state index contributed by atoms with van der Waals surface area (Å²) in [6.07, 6.45) is 8.68. The van der Waals surface area contributed by atoms with Gasteiger partial charge in [0.05, 0.1) is 48.2 Å². The van der Waals surface area contributed by atoms with Crippen LogP contribution < -0.4 is 11.1 Å². The first-order valence-electron chi connectivity index (χ1n) is 17.7. The van der Waals surface area contributed by atoms with Crippen molar-refractivity contribution in [3.63, 3.8) is 0 Å². The Kier molecular flexibility index (Phi) is 8.52. The Balaban J connectivity index is 0.933. The number of carbonyl (C=O) groups is 3. The lowest BCUT2D eigenvalue weighted by molar-refractivity contribution is -0.135. The summed E-state index contributed by atoms with van der Waals surface area (Å²) in [5.74, 6) is 8.54. The third-order valence-corrected chi connectivity index (χ3v) is 10.6. The number of likely N-dealkylation sites (tertiary alicyclic amines) is 2. The van der Waals surface area contributed by atoms with Crippen molar-refractivity contribution >= 4 is 28.9 Å². The predicted molar refractivity (Wildman–Crippen MR) is 186 cm³/mol. The first kappa shape index (κ1) is 32.1. The number of methoxy groups -OCH3 is 1. The molecule has 2 aliphatic heterocycles. The van der Waals surface area contributed by atoms with Gasteiger partial charge in [0.25, 0.3) is 0 Å². The zero-order chi connectivity index (χ0) is 34.4. The zero-order valence-corrected chi connectivity index (χ0v) is 28.2. The van der Waals surface area contributed by atoms with E-state index < -0.39 is 18.2 Å². The van der Waals surface area contributed by atoms with Crippen LogP contribution in [0.5, 0.6) is 0 Å². The highest BCUT2D eigenvalue weighted by molar-refractivity contribution is 5.87. The number of amides is 3. The summed E-state index contributed by atoms with van der Waals surface area (Å²) in [5.41, 5.74) is 11.5. The number of hydrogen-bond donors (Lipinski definition) is 4. The highest BCUT2D eigenvalue weighted by atomic mass is 16.5. The predicted octanol–water partition coefficient (Wildman–Crippen LogP) is 4.55. The van der Waals surface area contributed by atoms with Crippen LogP contribution in [-0.4, -0.2) is 79.9 Å². The molecule has 4 fully saturated rings. The molecular weight excluding hydrogens is 632 g/mol. The monoisotopic (exact) mass is 674 g/mol. The average Bonchev–Trinajstić information content (AvgIpc) is 3.90. The van der Waals surface area contributed by atoms with E-state index in [9.17, 15) is 14.4 Å². The minimum absolute atomic E-state index is 0.0450. The molecule has 0 radical (unpaired) electrons. The number of H-pyrrole nitrogens is 2. The topological polar surface area (TPSA) is 162 Å². The molecule has 0 unspecified atom stereocenters. The molecular formula is C38H42N8O4. The van der Waals surface area contributed by atoms with Crippen molar-refractivity contribution in [2.45, 2.75) is 75.5 Å². The third kappa shape index (κ3) is 6.45. The van der Waals surface area contributed by atoms with Crippen molar-refractivity contribution in [1.29, 1.82) is 0 Å². The molecule has 2 aromatic carbocycles. The molecule has 0 spiro atoms. The number of nitrogens with zero attached hydrogens (tertiary/aromatic N) is 4. The average molecular weight is 675 g/mol. The van der Waals surface area contributed by atoms with Gasteiger partial charge < -0.3 is 35.6 Å². The summed E-state index contributed by atoms with van der Waals surface area (Å²) in [6.45, 7) is 1.35. The summed E-state index contributed by atoms with van der Waals surface area (Å²) >= 11 is 0. The minimum Gasteiger partial charge on any atom is -0.453 e. The maximum atomic E-state index is 13.6. The standard InChI is InChI=1S/C38H42N8O4/c1-50-38(49)44-33(26-15-16-26)37(48)46-19-3-5-31(46)35-41-27-17-10-23(20-28(27)42-35)7-6-22-8-11-24(12-9-22)29-21-40-34(43-29)30-4-2-18-45(30)36(47)32(39)25-13-14-25/h8-12,17,20-21,25-26,30-33H,2-5,13-16,18-19,39H2,1H3,(H,40,43)(H,41,42)(H,44,49)/t30-,31-,32-,33-/m0/s1. The second kappa shape index (κ2) is 13.3. The van der Waals surface area contributed by atoms with Gasteiger partial charge in [-0.3, -0.25) is 9.59 Å². The summed E-state index contributed by atoms with van der Waals surface area (Å²) in [5, 5.41) is 2.76. The smallest absolute Gasteiger partial charge is 0.407 e. The molecule has 50 heavy (non-hydrogen) atoms. The molecule has 2 saturated heterocycles. The number of nitrogens with one attached hydrogen (secondary N) is 3. The number of imidazole rings is 2. The molecule has 0 bridgehead atoms. The van der Waals surface area contributed by atoms with Gasteiger partial charge in [0.1, 0.15) is 17.7 Å². The van der Waals surface area contributed by atoms with Crippen LogP contribution in [0.1, 0.15) is 86.2 Å². The van der Waals surface area contributed by atoms with Gasteiger partial charge in [-0.15, -0.1) is 0 Å². The largest absolute Gasteiger partial charge is 0.453 e. The first-order valence-corrected chi connectivity index (χ1v) is 17.7. The molecule has 3 amide bonds. The molecule has 258 valence electrons. The molecule has 2 saturated carbocycles. The van der Waals surface area contributed by atoms with Crippen molar-refractivity contribution in [2.75, 3.05) is 20.2 Å². The van der Waals surface area contributed by atoms with E-state index in [1.807, 2.05) is 58.5 Å². The van der Waals surface area contributed by atoms with Gasteiger partial charge in [0, 0.05) is 24.2 Å². The quantitative estimate of drug-likeness (QED) is 0.199. The summed E-state index contributed by atoms with van der Waals surface area (Å²) in [6, 6.07) is 12.7.